The van der Waals surface area contributed by atoms with E-state index in [1.165, 1.54) is 0 Å². The molecule has 2 aromatic carbocycles. The number of carbonyl (C=O) groups excluding carboxylic acids is 1. The van der Waals surface area contributed by atoms with E-state index in [4.69, 9.17) is 4.74 Å². The number of imidazole rings is 1. The van der Waals surface area contributed by atoms with Gasteiger partial charge in [0.25, 0.3) is 0 Å². The smallest absolute Gasteiger partial charge is 0.303 e. The van der Waals surface area contributed by atoms with Gasteiger partial charge in [-0.3, -0.25) is 9.59 Å². The second kappa shape index (κ2) is 10.9. The lowest BCUT2D eigenvalue weighted by molar-refractivity contribution is -0.137. The highest BCUT2D eigenvalue weighted by Crippen LogP contribution is 2.33. The highest BCUT2D eigenvalue weighted by molar-refractivity contribution is 5.79. The van der Waals surface area contributed by atoms with E-state index < -0.39 is 5.97 Å². The number of carbonyl (C=O) groups is 2. The van der Waals surface area contributed by atoms with Crippen molar-refractivity contribution in [2.45, 2.75) is 38.0 Å². The second-order valence-electron chi connectivity index (χ2n) is 8.54. The van der Waals surface area contributed by atoms with Crippen molar-refractivity contribution < 1.29 is 19.4 Å². The molecule has 1 amide bonds. The Hall–Kier alpha value is -3.81. The molecule has 0 saturated heterocycles. The molecule has 1 aliphatic carbocycles. The maximum Gasteiger partial charge on any atom is 0.303 e. The summed E-state index contributed by atoms with van der Waals surface area (Å²) in [4.78, 5) is 31.4. The normalized spacial score (nSPS) is 15.2. The first kappa shape index (κ1) is 23.4. The van der Waals surface area contributed by atoms with Crippen LogP contribution in [-0.4, -0.2) is 47.2 Å². The summed E-state index contributed by atoms with van der Waals surface area (Å²) < 4.78 is 5.23. The number of aromatic amines is 1. The number of rotatable bonds is 10. The van der Waals surface area contributed by atoms with Gasteiger partial charge < -0.3 is 25.5 Å². The van der Waals surface area contributed by atoms with Crippen LogP contribution in [0.15, 0.2) is 54.1 Å². The Morgan fingerprint density at radius 1 is 1.24 bits per heavy atom. The number of amides is 1. The molecule has 1 heterocycles. The SMILES string of the molecule is COc1ccc2nc(NCCCC(=O)NCC3=CCc4ccccc4C(CC(=O)O)C3)[nH]c2c1. The molecule has 178 valence electrons. The first-order chi connectivity index (χ1) is 16.5. The molecular weight excluding hydrogens is 432 g/mol. The molecule has 0 fully saturated rings. The lowest BCUT2D eigenvalue weighted by Crippen LogP contribution is -2.26. The monoisotopic (exact) mass is 462 g/mol. The molecule has 34 heavy (non-hydrogen) atoms. The van der Waals surface area contributed by atoms with Crippen LogP contribution in [0.5, 0.6) is 5.75 Å². The summed E-state index contributed by atoms with van der Waals surface area (Å²) in [6, 6.07) is 13.7. The highest BCUT2D eigenvalue weighted by atomic mass is 16.5. The van der Waals surface area contributed by atoms with Gasteiger partial charge in [-0.05, 0) is 48.4 Å². The summed E-state index contributed by atoms with van der Waals surface area (Å²) in [7, 11) is 1.63. The van der Waals surface area contributed by atoms with E-state index in [1.54, 1.807) is 7.11 Å². The summed E-state index contributed by atoms with van der Waals surface area (Å²) in [6.07, 6.45) is 4.67. The Labute approximate surface area is 198 Å². The Balaban J connectivity index is 1.23. The molecule has 8 heteroatoms. The fraction of sp³-hybridized carbons (Fsp3) is 0.346. The van der Waals surface area contributed by atoms with Crippen LogP contribution in [0.1, 0.15) is 42.7 Å². The van der Waals surface area contributed by atoms with Gasteiger partial charge in [0.15, 0.2) is 0 Å². The molecule has 0 spiro atoms. The van der Waals surface area contributed by atoms with E-state index >= 15 is 0 Å². The minimum atomic E-state index is -0.804. The number of aliphatic carboxylic acids is 1. The molecule has 1 unspecified atom stereocenters. The molecule has 0 radical (unpaired) electrons. The minimum absolute atomic E-state index is 0.0198. The molecule has 1 aromatic heterocycles. The second-order valence-corrected chi connectivity index (χ2v) is 8.54. The number of hydrogen-bond donors (Lipinski definition) is 4. The number of nitrogens with one attached hydrogen (secondary N) is 3. The number of allylic oxidation sites excluding steroid dienone is 1. The van der Waals surface area contributed by atoms with Gasteiger partial charge in [0.1, 0.15) is 5.75 Å². The van der Waals surface area contributed by atoms with Gasteiger partial charge in [0, 0.05) is 25.6 Å². The molecular formula is C26H30N4O4. The summed E-state index contributed by atoms with van der Waals surface area (Å²) in [5, 5.41) is 15.6. The van der Waals surface area contributed by atoms with Gasteiger partial charge in [0.2, 0.25) is 11.9 Å². The molecule has 0 saturated carbocycles. The number of nitrogens with zero attached hydrogens (tertiary/aromatic N) is 1. The van der Waals surface area contributed by atoms with Crippen LogP contribution in [0, 0.1) is 0 Å². The van der Waals surface area contributed by atoms with Gasteiger partial charge in [0.05, 0.1) is 24.6 Å². The Morgan fingerprint density at radius 2 is 2.09 bits per heavy atom. The van der Waals surface area contributed by atoms with Gasteiger partial charge in [-0.15, -0.1) is 0 Å². The highest BCUT2D eigenvalue weighted by Gasteiger charge is 2.22. The van der Waals surface area contributed by atoms with Gasteiger partial charge in [-0.1, -0.05) is 35.9 Å². The minimum Gasteiger partial charge on any atom is -0.497 e. The predicted molar refractivity (Wildman–Crippen MR) is 131 cm³/mol. The number of benzene rings is 2. The van der Waals surface area contributed by atoms with E-state index in [2.05, 4.69) is 26.7 Å². The maximum atomic E-state index is 12.4. The third kappa shape index (κ3) is 5.95. The van der Waals surface area contributed by atoms with Crippen LogP contribution in [0.3, 0.4) is 0 Å². The van der Waals surface area contributed by atoms with Crippen molar-refractivity contribution >= 4 is 28.9 Å². The van der Waals surface area contributed by atoms with Crippen molar-refractivity contribution in [2.24, 2.45) is 0 Å². The third-order valence-electron chi connectivity index (χ3n) is 6.11. The molecule has 8 nitrogen and oxygen atoms in total. The number of carboxylic acids is 1. The van der Waals surface area contributed by atoms with Crippen molar-refractivity contribution in [3.05, 3.63) is 65.2 Å². The van der Waals surface area contributed by atoms with Gasteiger partial charge in [-0.2, -0.15) is 0 Å². The lowest BCUT2D eigenvalue weighted by atomic mass is 9.88. The lowest BCUT2D eigenvalue weighted by Gasteiger charge is -2.17. The fourth-order valence-electron chi connectivity index (χ4n) is 4.38. The van der Waals surface area contributed by atoms with E-state index in [0.29, 0.717) is 38.3 Å². The molecule has 4 N–H and O–H groups in total. The average molecular weight is 463 g/mol. The first-order valence-corrected chi connectivity index (χ1v) is 11.5. The number of ether oxygens (including phenoxy) is 1. The van der Waals surface area contributed by atoms with Gasteiger partial charge >= 0.3 is 5.97 Å². The summed E-state index contributed by atoms with van der Waals surface area (Å²) in [6.45, 7) is 1.06. The zero-order chi connectivity index (χ0) is 23.9. The molecule has 0 bridgehead atoms. The quantitative estimate of drug-likeness (QED) is 0.267. The Morgan fingerprint density at radius 3 is 2.91 bits per heavy atom. The zero-order valence-electron chi connectivity index (χ0n) is 19.3. The van der Waals surface area contributed by atoms with Crippen molar-refractivity contribution in [1.29, 1.82) is 0 Å². The van der Waals surface area contributed by atoms with Crippen molar-refractivity contribution in [1.82, 2.24) is 15.3 Å². The number of H-pyrrole nitrogens is 1. The molecule has 4 rings (SSSR count). The number of aromatic nitrogens is 2. The van der Waals surface area contributed by atoms with Crippen LogP contribution in [0.4, 0.5) is 5.95 Å². The van der Waals surface area contributed by atoms with E-state index in [-0.39, 0.29) is 18.2 Å². The molecule has 0 aliphatic heterocycles. The summed E-state index contributed by atoms with van der Waals surface area (Å²) in [5.41, 5.74) is 5.06. The molecule has 1 aliphatic rings. The van der Waals surface area contributed by atoms with Crippen molar-refractivity contribution in [2.75, 3.05) is 25.5 Å². The number of fused-ring (bicyclic) bond motifs is 2. The molecule has 1 atom stereocenters. The van der Waals surface area contributed by atoms with Crippen LogP contribution < -0.4 is 15.4 Å². The Bertz CT molecular complexity index is 1200. The van der Waals surface area contributed by atoms with Crippen LogP contribution in [0.25, 0.3) is 11.0 Å². The zero-order valence-corrected chi connectivity index (χ0v) is 19.3. The van der Waals surface area contributed by atoms with Crippen LogP contribution >= 0.6 is 0 Å². The van der Waals surface area contributed by atoms with Crippen LogP contribution in [0.2, 0.25) is 0 Å². The summed E-state index contributed by atoms with van der Waals surface area (Å²) >= 11 is 0. The Kier molecular flexibility index (Phi) is 7.47. The number of anilines is 1. The average Bonchev–Trinajstić information content (AvgIpc) is 3.16. The van der Waals surface area contributed by atoms with E-state index in [9.17, 15) is 14.7 Å². The number of carboxylic acid groups (broad SMARTS) is 1. The number of hydrogen-bond acceptors (Lipinski definition) is 5. The predicted octanol–water partition coefficient (Wildman–Crippen LogP) is 4.01. The van der Waals surface area contributed by atoms with E-state index in [0.717, 1.165) is 39.9 Å². The largest absolute Gasteiger partial charge is 0.497 e. The van der Waals surface area contributed by atoms with Crippen molar-refractivity contribution in [3.8, 4) is 5.75 Å². The summed E-state index contributed by atoms with van der Waals surface area (Å²) in [5.74, 6) is 0.528. The fourth-order valence-corrected chi connectivity index (χ4v) is 4.38. The number of methoxy groups -OCH3 is 1. The maximum absolute atomic E-state index is 12.4. The van der Waals surface area contributed by atoms with E-state index in [1.807, 2.05) is 42.5 Å². The van der Waals surface area contributed by atoms with Gasteiger partial charge in [-0.25, -0.2) is 4.98 Å². The third-order valence-corrected chi connectivity index (χ3v) is 6.11. The van der Waals surface area contributed by atoms with Crippen molar-refractivity contribution in [3.63, 3.8) is 0 Å². The topological polar surface area (TPSA) is 116 Å². The molecule has 3 aromatic rings. The standard InChI is InChI=1S/C26H30N4O4/c1-34-20-10-11-22-23(15-20)30-26(29-22)27-12-4-7-24(31)28-16-17-8-9-18-5-2-3-6-21(18)19(13-17)14-25(32)33/h2-3,5-6,8,10-11,15,19H,4,7,9,12-14,16H2,1H3,(H,28,31)(H,32,33)(H2,27,29,30). The first-order valence-electron chi connectivity index (χ1n) is 11.5. The van der Waals surface area contributed by atoms with Crippen LogP contribution in [-0.2, 0) is 16.0 Å².